The summed E-state index contributed by atoms with van der Waals surface area (Å²) < 4.78 is 21.6. The number of nitrogens with one attached hydrogen (secondary N) is 1. The molecule has 1 aromatic heterocycles. The number of amides is 1. The number of carbonyl (C=O) groups is 2. The number of aryl methyl sites for hydroxylation is 1. The number of halogens is 1. The van der Waals surface area contributed by atoms with Gasteiger partial charge in [0.05, 0.1) is 28.2 Å². The second-order valence-corrected chi connectivity index (χ2v) is 8.19. The monoisotopic (exact) mass is 435 g/mol. The zero-order valence-electron chi connectivity index (χ0n) is 18.2. The van der Waals surface area contributed by atoms with E-state index in [0.717, 1.165) is 24.2 Å². The molecule has 1 fully saturated rings. The Hall–Kier alpha value is -3.48. The fourth-order valence-electron chi connectivity index (χ4n) is 4.50. The minimum absolute atomic E-state index is 0.346. The molecule has 1 saturated carbocycles. The van der Waals surface area contributed by atoms with Crippen molar-refractivity contribution in [2.24, 2.45) is 0 Å². The van der Waals surface area contributed by atoms with E-state index in [9.17, 15) is 14.0 Å². The van der Waals surface area contributed by atoms with E-state index in [1.165, 1.54) is 6.07 Å². The van der Waals surface area contributed by atoms with Gasteiger partial charge in [-0.25, -0.2) is 9.07 Å². The van der Waals surface area contributed by atoms with Crippen molar-refractivity contribution in [2.45, 2.75) is 44.9 Å². The minimum Gasteiger partial charge on any atom is -0.455 e. The van der Waals surface area contributed by atoms with Crippen LogP contribution in [-0.4, -0.2) is 28.3 Å². The molecule has 0 radical (unpaired) electrons. The van der Waals surface area contributed by atoms with Gasteiger partial charge < -0.3 is 10.1 Å². The predicted octanol–water partition coefficient (Wildman–Crippen LogP) is 4.62. The minimum atomic E-state index is -1.03. The van der Waals surface area contributed by atoms with Gasteiger partial charge in [-0.05, 0) is 44.9 Å². The Morgan fingerprint density at radius 3 is 2.41 bits per heavy atom. The van der Waals surface area contributed by atoms with Crippen LogP contribution in [0.5, 0.6) is 0 Å². The highest BCUT2D eigenvalue weighted by molar-refractivity contribution is 5.95. The largest absolute Gasteiger partial charge is 0.455 e. The molecule has 7 heteroatoms. The second-order valence-electron chi connectivity index (χ2n) is 8.19. The number of hydrogen-bond donors (Lipinski definition) is 1. The molecule has 2 aromatic carbocycles. The number of para-hydroxylation sites is 1. The highest BCUT2D eigenvalue weighted by atomic mass is 19.1. The summed E-state index contributed by atoms with van der Waals surface area (Å²) in [6, 6.07) is 15.9. The average molecular weight is 435 g/mol. The Morgan fingerprint density at radius 1 is 1.06 bits per heavy atom. The third kappa shape index (κ3) is 4.02. The van der Waals surface area contributed by atoms with Crippen molar-refractivity contribution in [3.8, 4) is 5.69 Å². The van der Waals surface area contributed by atoms with Crippen LogP contribution in [0.25, 0.3) is 5.69 Å². The number of hydrogen-bond acceptors (Lipinski definition) is 4. The van der Waals surface area contributed by atoms with Gasteiger partial charge in [0.15, 0.2) is 6.61 Å². The van der Waals surface area contributed by atoms with Crippen LogP contribution in [-0.2, 0) is 19.7 Å². The SMILES string of the molecule is Cc1nn(-c2ccccc2)c(C)c1NC(=O)COC(=O)C1(c2ccccc2F)CCCC1. The first-order chi connectivity index (χ1) is 15.4. The second kappa shape index (κ2) is 8.94. The van der Waals surface area contributed by atoms with Gasteiger partial charge in [-0.2, -0.15) is 5.10 Å². The van der Waals surface area contributed by atoms with Crippen molar-refractivity contribution in [3.05, 3.63) is 77.4 Å². The normalized spacial score (nSPS) is 14.8. The highest BCUT2D eigenvalue weighted by Crippen LogP contribution is 2.43. The fraction of sp³-hybridized carbons (Fsp3) is 0.320. The summed E-state index contributed by atoms with van der Waals surface area (Å²) in [5.74, 6) is -1.43. The molecule has 6 nitrogen and oxygen atoms in total. The number of carbonyl (C=O) groups excluding carboxylic acids is 2. The molecule has 1 N–H and O–H groups in total. The van der Waals surface area contributed by atoms with Gasteiger partial charge in [-0.1, -0.05) is 49.2 Å². The van der Waals surface area contributed by atoms with E-state index in [0.29, 0.717) is 29.8 Å². The molecule has 1 heterocycles. The summed E-state index contributed by atoms with van der Waals surface area (Å²) in [6.45, 7) is 3.23. The molecule has 1 aliphatic rings. The van der Waals surface area contributed by atoms with Crippen molar-refractivity contribution in [1.29, 1.82) is 0 Å². The van der Waals surface area contributed by atoms with E-state index in [1.807, 2.05) is 37.3 Å². The van der Waals surface area contributed by atoms with Crippen molar-refractivity contribution < 1.29 is 18.7 Å². The van der Waals surface area contributed by atoms with Gasteiger partial charge >= 0.3 is 5.97 Å². The van der Waals surface area contributed by atoms with E-state index in [2.05, 4.69) is 10.4 Å². The molecule has 0 aliphatic heterocycles. The maximum absolute atomic E-state index is 14.5. The molecule has 0 atom stereocenters. The average Bonchev–Trinajstić information content (AvgIpc) is 3.40. The zero-order chi connectivity index (χ0) is 22.7. The number of aromatic nitrogens is 2. The van der Waals surface area contributed by atoms with Gasteiger partial charge in [-0.15, -0.1) is 0 Å². The molecule has 32 heavy (non-hydrogen) atoms. The number of esters is 1. The Kier molecular flexibility index (Phi) is 6.08. The molecule has 166 valence electrons. The molecular weight excluding hydrogens is 409 g/mol. The van der Waals surface area contributed by atoms with Crippen LogP contribution in [0.3, 0.4) is 0 Å². The number of ether oxygens (including phenoxy) is 1. The Bertz CT molecular complexity index is 1130. The zero-order valence-corrected chi connectivity index (χ0v) is 18.2. The van der Waals surface area contributed by atoms with Crippen LogP contribution in [0, 0.1) is 19.7 Å². The van der Waals surface area contributed by atoms with E-state index >= 15 is 0 Å². The topological polar surface area (TPSA) is 73.2 Å². The number of anilines is 1. The first-order valence-electron chi connectivity index (χ1n) is 10.8. The first-order valence-corrected chi connectivity index (χ1v) is 10.8. The van der Waals surface area contributed by atoms with Crippen LogP contribution >= 0.6 is 0 Å². The van der Waals surface area contributed by atoms with Crippen LogP contribution in [0.15, 0.2) is 54.6 Å². The summed E-state index contributed by atoms with van der Waals surface area (Å²) in [4.78, 5) is 25.6. The van der Waals surface area contributed by atoms with Crippen molar-refractivity contribution >= 4 is 17.6 Å². The Balaban J connectivity index is 1.46. The molecule has 1 aliphatic carbocycles. The molecule has 3 aromatic rings. The fourth-order valence-corrected chi connectivity index (χ4v) is 4.50. The van der Waals surface area contributed by atoms with Gasteiger partial charge in [0.1, 0.15) is 5.82 Å². The Labute approximate surface area is 186 Å². The van der Waals surface area contributed by atoms with Gasteiger partial charge in [0, 0.05) is 5.56 Å². The third-order valence-corrected chi connectivity index (χ3v) is 6.13. The van der Waals surface area contributed by atoms with E-state index in [-0.39, 0.29) is 0 Å². The van der Waals surface area contributed by atoms with E-state index in [4.69, 9.17) is 4.74 Å². The van der Waals surface area contributed by atoms with Crippen molar-refractivity contribution in [2.75, 3.05) is 11.9 Å². The maximum Gasteiger partial charge on any atom is 0.317 e. The number of nitrogens with zero attached hydrogens (tertiary/aromatic N) is 2. The highest BCUT2D eigenvalue weighted by Gasteiger charge is 2.46. The molecule has 4 rings (SSSR count). The molecule has 0 unspecified atom stereocenters. The summed E-state index contributed by atoms with van der Waals surface area (Å²) in [6.07, 6.45) is 2.65. The van der Waals surface area contributed by atoms with Crippen LogP contribution in [0.4, 0.5) is 10.1 Å². The van der Waals surface area contributed by atoms with Gasteiger partial charge in [0.25, 0.3) is 5.91 Å². The molecule has 0 saturated heterocycles. The van der Waals surface area contributed by atoms with Crippen molar-refractivity contribution in [1.82, 2.24) is 9.78 Å². The summed E-state index contributed by atoms with van der Waals surface area (Å²) in [5.41, 5.74) is 2.21. The Morgan fingerprint density at radius 2 is 1.72 bits per heavy atom. The number of rotatable bonds is 6. The van der Waals surface area contributed by atoms with Crippen LogP contribution in [0.1, 0.15) is 42.6 Å². The molecular formula is C25H26FN3O3. The lowest BCUT2D eigenvalue weighted by Crippen LogP contribution is -2.37. The standard InChI is InChI=1S/C25H26FN3O3/c1-17-23(18(2)29(28-17)19-10-4-3-5-11-19)27-22(30)16-32-24(31)25(14-8-9-15-25)20-12-6-7-13-21(20)26/h3-7,10-13H,8-9,14-16H2,1-2H3,(H,27,30). The van der Waals surface area contributed by atoms with Gasteiger partial charge in [0.2, 0.25) is 0 Å². The lowest BCUT2D eigenvalue weighted by molar-refractivity contribution is -0.153. The molecule has 0 bridgehead atoms. The lowest BCUT2D eigenvalue weighted by atomic mass is 9.78. The summed E-state index contributed by atoms with van der Waals surface area (Å²) in [7, 11) is 0. The smallest absolute Gasteiger partial charge is 0.317 e. The predicted molar refractivity (Wildman–Crippen MR) is 119 cm³/mol. The lowest BCUT2D eigenvalue weighted by Gasteiger charge is -2.27. The molecule has 1 amide bonds. The van der Waals surface area contributed by atoms with Gasteiger partial charge in [-0.3, -0.25) is 9.59 Å². The third-order valence-electron chi connectivity index (χ3n) is 6.13. The molecule has 0 spiro atoms. The summed E-state index contributed by atoms with van der Waals surface area (Å²) in [5, 5.41) is 7.31. The van der Waals surface area contributed by atoms with Crippen LogP contribution < -0.4 is 5.32 Å². The van der Waals surface area contributed by atoms with E-state index in [1.54, 1.807) is 29.8 Å². The van der Waals surface area contributed by atoms with Crippen molar-refractivity contribution in [3.63, 3.8) is 0 Å². The number of benzene rings is 2. The van der Waals surface area contributed by atoms with E-state index < -0.39 is 29.7 Å². The first kappa shape index (κ1) is 21.7. The van der Waals surface area contributed by atoms with Crippen LogP contribution in [0.2, 0.25) is 0 Å². The quantitative estimate of drug-likeness (QED) is 0.574. The maximum atomic E-state index is 14.5. The summed E-state index contributed by atoms with van der Waals surface area (Å²) >= 11 is 0.